The quantitative estimate of drug-likeness (QED) is 0.789. The number of pyridine rings is 1. The van der Waals surface area contributed by atoms with Crippen LogP contribution in [-0.2, 0) is 6.54 Å². The first kappa shape index (κ1) is 12.8. The van der Waals surface area contributed by atoms with Crippen molar-refractivity contribution in [2.45, 2.75) is 26.4 Å². The summed E-state index contributed by atoms with van der Waals surface area (Å²) in [5, 5.41) is 8.97. The number of rotatable bonds is 4. The zero-order valence-electron chi connectivity index (χ0n) is 11.7. The number of aromatic nitrogens is 3. The van der Waals surface area contributed by atoms with Gasteiger partial charge in [0.1, 0.15) is 0 Å². The molecule has 0 spiro atoms. The van der Waals surface area contributed by atoms with Gasteiger partial charge in [0.05, 0.1) is 11.7 Å². The molecule has 0 saturated carbocycles. The van der Waals surface area contributed by atoms with Gasteiger partial charge in [-0.25, -0.2) is 9.67 Å². The third-order valence-electron chi connectivity index (χ3n) is 3.22. The molecular weight excluding hydrogens is 248 g/mol. The van der Waals surface area contributed by atoms with Gasteiger partial charge in [0.25, 0.3) is 0 Å². The highest BCUT2D eigenvalue weighted by Gasteiger charge is 2.06. The predicted molar refractivity (Wildman–Crippen MR) is 80.8 cm³/mol. The monoisotopic (exact) mass is 266 g/mol. The van der Waals surface area contributed by atoms with Crippen molar-refractivity contribution in [1.82, 2.24) is 20.1 Å². The van der Waals surface area contributed by atoms with Crippen LogP contribution in [0.25, 0.3) is 16.7 Å². The van der Waals surface area contributed by atoms with Gasteiger partial charge in [-0.05, 0) is 23.8 Å². The third-order valence-corrected chi connectivity index (χ3v) is 3.22. The average Bonchev–Trinajstić information content (AvgIpc) is 2.89. The lowest BCUT2D eigenvalue weighted by Gasteiger charge is -2.09. The van der Waals surface area contributed by atoms with Crippen LogP contribution in [0.1, 0.15) is 19.4 Å². The van der Waals surface area contributed by atoms with E-state index in [0.717, 1.165) is 23.3 Å². The SMILES string of the molecule is CC(C)NCc1ccnc(-n2ncc3ccccc32)c1. The molecule has 1 N–H and O–H groups in total. The zero-order valence-corrected chi connectivity index (χ0v) is 11.7. The summed E-state index contributed by atoms with van der Waals surface area (Å²) in [5.74, 6) is 0.856. The van der Waals surface area contributed by atoms with Crippen LogP contribution >= 0.6 is 0 Å². The van der Waals surface area contributed by atoms with Crippen LogP contribution in [0.3, 0.4) is 0 Å². The number of benzene rings is 1. The van der Waals surface area contributed by atoms with Crippen LogP contribution in [-0.4, -0.2) is 20.8 Å². The Labute approximate surface area is 118 Å². The Morgan fingerprint density at radius 1 is 1.20 bits per heavy atom. The molecule has 0 aliphatic rings. The van der Waals surface area contributed by atoms with E-state index in [1.54, 1.807) is 0 Å². The van der Waals surface area contributed by atoms with E-state index in [-0.39, 0.29) is 0 Å². The molecule has 3 aromatic rings. The molecule has 0 amide bonds. The molecule has 2 aromatic heterocycles. The molecule has 2 heterocycles. The van der Waals surface area contributed by atoms with E-state index in [9.17, 15) is 0 Å². The molecule has 0 unspecified atom stereocenters. The van der Waals surface area contributed by atoms with Crippen molar-refractivity contribution in [3.63, 3.8) is 0 Å². The van der Waals surface area contributed by atoms with Crippen LogP contribution in [0.4, 0.5) is 0 Å². The maximum Gasteiger partial charge on any atom is 0.154 e. The molecule has 102 valence electrons. The van der Waals surface area contributed by atoms with Crippen molar-refractivity contribution in [2.24, 2.45) is 0 Å². The van der Waals surface area contributed by atoms with E-state index in [0.29, 0.717) is 6.04 Å². The van der Waals surface area contributed by atoms with Crippen molar-refractivity contribution in [3.8, 4) is 5.82 Å². The van der Waals surface area contributed by atoms with Crippen molar-refractivity contribution in [2.75, 3.05) is 0 Å². The Morgan fingerprint density at radius 3 is 2.90 bits per heavy atom. The first-order valence-corrected chi connectivity index (χ1v) is 6.85. The summed E-state index contributed by atoms with van der Waals surface area (Å²) in [6, 6.07) is 12.7. The second kappa shape index (κ2) is 5.43. The van der Waals surface area contributed by atoms with Gasteiger partial charge in [0.15, 0.2) is 5.82 Å². The smallest absolute Gasteiger partial charge is 0.154 e. The molecule has 1 aromatic carbocycles. The normalized spacial score (nSPS) is 11.3. The lowest BCUT2D eigenvalue weighted by atomic mass is 10.2. The van der Waals surface area contributed by atoms with Gasteiger partial charge < -0.3 is 5.32 Å². The van der Waals surface area contributed by atoms with Crippen molar-refractivity contribution < 1.29 is 0 Å². The lowest BCUT2D eigenvalue weighted by molar-refractivity contribution is 0.588. The number of hydrogen-bond donors (Lipinski definition) is 1. The number of nitrogens with one attached hydrogen (secondary N) is 1. The van der Waals surface area contributed by atoms with Crippen LogP contribution in [0.2, 0.25) is 0 Å². The largest absolute Gasteiger partial charge is 0.310 e. The fraction of sp³-hybridized carbons (Fsp3) is 0.250. The lowest BCUT2D eigenvalue weighted by Crippen LogP contribution is -2.21. The number of para-hydroxylation sites is 1. The predicted octanol–water partition coefficient (Wildman–Crippen LogP) is 2.92. The molecule has 0 aliphatic heterocycles. The Morgan fingerprint density at radius 2 is 2.05 bits per heavy atom. The van der Waals surface area contributed by atoms with E-state index in [4.69, 9.17) is 0 Å². The minimum Gasteiger partial charge on any atom is -0.310 e. The molecular formula is C16H18N4. The first-order chi connectivity index (χ1) is 9.74. The number of fused-ring (bicyclic) bond motifs is 1. The summed E-state index contributed by atoms with van der Waals surface area (Å²) < 4.78 is 1.88. The summed E-state index contributed by atoms with van der Waals surface area (Å²) in [5.41, 5.74) is 2.29. The third kappa shape index (κ3) is 2.56. The van der Waals surface area contributed by atoms with Gasteiger partial charge in [-0.2, -0.15) is 5.10 Å². The summed E-state index contributed by atoms with van der Waals surface area (Å²) in [6.45, 7) is 5.12. The van der Waals surface area contributed by atoms with Gasteiger partial charge in [-0.3, -0.25) is 0 Å². The van der Waals surface area contributed by atoms with Gasteiger partial charge in [0, 0.05) is 24.2 Å². The van der Waals surface area contributed by atoms with E-state index in [2.05, 4.69) is 47.4 Å². The molecule has 0 bridgehead atoms. The fourth-order valence-electron chi connectivity index (χ4n) is 2.16. The van der Waals surface area contributed by atoms with Crippen LogP contribution < -0.4 is 5.32 Å². The molecule has 0 saturated heterocycles. The van der Waals surface area contributed by atoms with E-state index >= 15 is 0 Å². The zero-order chi connectivity index (χ0) is 13.9. The van der Waals surface area contributed by atoms with Crippen LogP contribution in [0, 0.1) is 0 Å². The molecule has 4 heteroatoms. The second-order valence-corrected chi connectivity index (χ2v) is 5.17. The van der Waals surface area contributed by atoms with Gasteiger partial charge in [0.2, 0.25) is 0 Å². The summed E-state index contributed by atoms with van der Waals surface area (Å²) in [7, 11) is 0. The highest BCUT2D eigenvalue weighted by molar-refractivity contribution is 5.79. The second-order valence-electron chi connectivity index (χ2n) is 5.17. The highest BCUT2D eigenvalue weighted by atomic mass is 15.3. The molecule has 4 nitrogen and oxygen atoms in total. The standard InChI is InChI=1S/C16H18N4/c1-12(2)18-10-13-7-8-17-16(9-13)20-15-6-4-3-5-14(15)11-19-20/h3-9,11-12,18H,10H2,1-2H3. The molecule has 0 radical (unpaired) electrons. The van der Waals surface area contributed by atoms with Crippen molar-refractivity contribution >= 4 is 10.9 Å². The topological polar surface area (TPSA) is 42.7 Å². The van der Waals surface area contributed by atoms with Gasteiger partial charge in [-0.1, -0.05) is 32.0 Å². The van der Waals surface area contributed by atoms with E-state index in [1.807, 2.05) is 35.3 Å². The molecule has 3 rings (SSSR count). The summed E-state index contributed by atoms with van der Waals surface area (Å²) in [6.07, 6.45) is 3.71. The van der Waals surface area contributed by atoms with Gasteiger partial charge in [-0.15, -0.1) is 0 Å². The number of hydrogen-bond acceptors (Lipinski definition) is 3. The minimum absolute atomic E-state index is 0.470. The maximum absolute atomic E-state index is 4.44. The maximum atomic E-state index is 4.44. The Bertz CT molecular complexity index is 715. The highest BCUT2D eigenvalue weighted by Crippen LogP contribution is 2.17. The Kier molecular flexibility index (Phi) is 3.48. The Hall–Kier alpha value is -2.20. The molecule has 0 atom stereocenters. The molecule has 20 heavy (non-hydrogen) atoms. The molecule has 0 fully saturated rings. The van der Waals surface area contributed by atoms with Gasteiger partial charge >= 0.3 is 0 Å². The van der Waals surface area contributed by atoms with Crippen LogP contribution in [0.15, 0.2) is 48.8 Å². The van der Waals surface area contributed by atoms with Crippen molar-refractivity contribution in [3.05, 3.63) is 54.4 Å². The Balaban J connectivity index is 1.95. The van der Waals surface area contributed by atoms with Crippen molar-refractivity contribution in [1.29, 1.82) is 0 Å². The summed E-state index contributed by atoms with van der Waals surface area (Å²) >= 11 is 0. The first-order valence-electron chi connectivity index (χ1n) is 6.85. The number of nitrogens with zero attached hydrogens (tertiary/aromatic N) is 3. The van der Waals surface area contributed by atoms with E-state index < -0.39 is 0 Å². The minimum atomic E-state index is 0.470. The average molecular weight is 266 g/mol. The molecule has 0 aliphatic carbocycles. The summed E-state index contributed by atoms with van der Waals surface area (Å²) in [4.78, 5) is 4.43. The van der Waals surface area contributed by atoms with E-state index in [1.165, 1.54) is 5.56 Å². The fourth-order valence-corrected chi connectivity index (χ4v) is 2.16. The van der Waals surface area contributed by atoms with Crippen LogP contribution in [0.5, 0.6) is 0 Å².